The van der Waals surface area contributed by atoms with Crippen LogP contribution in [0.3, 0.4) is 0 Å². The minimum Gasteiger partial charge on any atom is -0.497 e. The van der Waals surface area contributed by atoms with Crippen molar-refractivity contribution in [3.63, 3.8) is 0 Å². The van der Waals surface area contributed by atoms with Crippen LogP contribution in [0.15, 0.2) is 59.7 Å². The molecule has 37 heavy (non-hydrogen) atoms. The first kappa shape index (κ1) is 24.4. The lowest BCUT2D eigenvalue weighted by Crippen LogP contribution is -2.46. The molecule has 2 aromatic carbocycles. The molecular weight excluding hydrogens is 472 g/mol. The van der Waals surface area contributed by atoms with Gasteiger partial charge in [-0.1, -0.05) is 6.92 Å². The highest BCUT2D eigenvalue weighted by atomic mass is 16.5. The van der Waals surface area contributed by atoms with Crippen LogP contribution in [0.4, 0.5) is 17.2 Å². The number of ether oxygens (including phenoxy) is 2. The van der Waals surface area contributed by atoms with Gasteiger partial charge in [0.1, 0.15) is 34.9 Å². The average Bonchev–Trinajstić information content (AvgIpc) is 2.93. The first-order valence-corrected chi connectivity index (χ1v) is 12.2. The number of methoxy groups -OCH3 is 2. The zero-order valence-electron chi connectivity index (χ0n) is 21.1. The van der Waals surface area contributed by atoms with Crippen LogP contribution in [0.1, 0.15) is 6.92 Å². The summed E-state index contributed by atoms with van der Waals surface area (Å²) in [6, 6.07) is 14.8. The van der Waals surface area contributed by atoms with Gasteiger partial charge in [-0.25, -0.2) is 9.38 Å². The van der Waals surface area contributed by atoms with E-state index in [1.807, 2.05) is 12.1 Å². The molecule has 5 rings (SSSR count). The Labute approximate surface area is 214 Å². The Balaban J connectivity index is 1.39. The van der Waals surface area contributed by atoms with Crippen molar-refractivity contribution in [3.8, 4) is 28.5 Å². The molecule has 3 heterocycles. The predicted molar refractivity (Wildman–Crippen MR) is 144 cm³/mol. The van der Waals surface area contributed by atoms with Crippen molar-refractivity contribution in [2.24, 2.45) is 0 Å². The van der Waals surface area contributed by atoms with E-state index >= 15 is 0 Å². The first-order chi connectivity index (χ1) is 18.0. The molecule has 2 aromatic heterocycles. The van der Waals surface area contributed by atoms with Gasteiger partial charge in [0.05, 0.1) is 14.2 Å². The molecule has 1 aliphatic heterocycles. The van der Waals surface area contributed by atoms with Crippen LogP contribution >= 0.6 is 0 Å². The second kappa shape index (κ2) is 10.4. The van der Waals surface area contributed by atoms with E-state index in [4.69, 9.17) is 9.47 Å². The summed E-state index contributed by atoms with van der Waals surface area (Å²) in [5, 5.41) is 13.9. The third kappa shape index (κ3) is 5.01. The number of nitrogens with one attached hydrogen (secondary N) is 1. The number of aromatic hydroxyl groups is 1. The number of likely N-dealkylation sites (N-methyl/N-ethyl adjacent to an activating group) is 1. The summed E-state index contributed by atoms with van der Waals surface area (Å²) in [6.07, 6.45) is 1.40. The second-order valence-corrected chi connectivity index (χ2v) is 8.81. The van der Waals surface area contributed by atoms with Gasteiger partial charge in [-0.15, -0.1) is 0 Å². The highest BCUT2D eigenvalue weighted by Gasteiger charge is 2.18. The number of hydrogen-bond acceptors (Lipinski definition) is 9. The summed E-state index contributed by atoms with van der Waals surface area (Å²) >= 11 is 0. The second-order valence-electron chi connectivity index (χ2n) is 8.81. The summed E-state index contributed by atoms with van der Waals surface area (Å²) in [4.78, 5) is 26.7. The predicted octanol–water partition coefficient (Wildman–Crippen LogP) is 3.36. The maximum Gasteiger partial charge on any atom is 0.270 e. The third-order valence-electron chi connectivity index (χ3n) is 6.67. The molecule has 4 aromatic rings. The minimum absolute atomic E-state index is 0.0348. The van der Waals surface area contributed by atoms with Gasteiger partial charge in [-0.3, -0.25) is 4.79 Å². The quantitative estimate of drug-likeness (QED) is 0.394. The third-order valence-corrected chi connectivity index (χ3v) is 6.67. The Morgan fingerprint density at radius 3 is 2.27 bits per heavy atom. The maximum atomic E-state index is 13.3. The molecule has 0 saturated carbocycles. The van der Waals surface area contributed by atoms with Crippen LogP contribution in [-0.2, 0) is 0 Å². The molecule has 0 atom stereocenters. The normalized spacial score (nSPS) is 14.1. The number of fused-ring (bicyclic) bond motifs is 1. The lowest BCUT2D eigenvalue weighted by atomic mass is 10.1. The van der Waals surface area contributed by atoms with Gasteiger partial charge in [-0.2, -0.15) is 4.98 Å². The Morgan fingerprint density at radius 1 is 0.973 bits per heavy atom. The van der Waals surface area contributed by atoms with Crippen LogP contribution in [0, 0.1) is 0 Å². The van der Waals surface area contributed by atoms with E-state index in [1.54, 1.807) is 24.3 Å². The number of nitrogens with zero attached hydrogens (tertiary/aromatic N) is 5. The van der Waals surface area contributed by atoms with E-state index < -0.39 is 5.56 Å². The van der Waals surface area contributed by atoms with E-state index in [9.17, 15) is 9.90 Å². The molecule has 192 valence electrons. The minimum atomic E-state index is -0.454. The Hall–Kier alpha value is -4.31. The van der Waals surface area contributed by atoms with Gasteiger partial charge in [0.15, 0.2) is 0 Å². The molecule has 10 nitrogen and oxygen atoms in total. The van der Waals surface area contributed by atoms with Crippen molar-refractivity contribution in [1.29, 1.82) is 0 Å². The fourth-order valence-electron chi connectivity index (χ4n) is 4.53. The molecule has 0 bridgehead atoms. The molecule has 1 aliphatic rings. The van der Waals surface area contributed by atoms with Crippen LogP contribution in [-0.4, -0.2) is 71.3 Å². The highest BCUT2D eigenvalue weighted by Crippen LogP contribution is 2.32. The molecule has 0 aliphatic carbocycles. The number of benzene rings is 2. The molecule has 0 spiro atoms. The fourth-order valence-corrected chi connectivity index (χ4v) is 4.53. The monoisotopic (exact) mass is 502 g/mol. The summed E-state index contributed by atoms with van der Waals surface area (Å²) in [6.45, 7) is 7.46. The summed E-state index contributed by atoms with van der Waals surface area (Å²) < 4.78 is 11.9. The van der Waals surface area contributed by atoms with Gasteiger partial charge in [0.2, 0.25) is 5.88 Å². The zero-order valence-corrected chi connectivity index (χ0v) is 21.1. The van der Waals surface area contributed by atoms with Gasteiger partial charge in [0.25, 0.3) is 5.56 Å². The summed E-state index contributed by atoms with van der Waals surface area (Å²) in [5.41, 5.74) is 2.33. The number of hydrogen-bond donors (Lipinski definition) is 2. The van der Waals surface area contributed by atoms with E-state index in [2.05, 4.69) is 44.1 Å². The zero-order chi connectivity index (χ0) is 25.9. The van der Waals surface area contributed by atoms with Gasteiger partial charge < -0.3 is 29.7 Å². The number of rotatable bonds is 7. The summed E-state index contributed by atoms with van der Waals surface area (Å²) in [5.74, 6) is 1.10. The standard InChI is InChI=1S/C27H30N6O4/c1-4-31-9-11-32(12-10-31)20-7-5-19(6-8-20)29-23-16-24-30-26(34)25(27(35)33(24)17-28-23)18-13-21(36-2)15-22(14-18)37-3/h5-8,13-17,29,34H,4,9-12H2,1-3H3. The van der Waals surface area contributed by atoms with E-state index in [0.717, 1.165) is 38.4 Å². The van der Waals surface area contributed by atoms with Crippen molar-refractivity contribution in [2.75, 3.05) is 57.2 Å². The Kier molecular flexibility index (Phi) is 6.82. The van der Waals surface area contributed by atoms with Gasteiger partial charge >= 0.3 is 0 Å². The fraction of sp³-hybridized carbons (Fsp3) is 0.296. The lowest BCUT2D eigenvalue weighted by Gasteiger charge is -2.35. The average molecular weight is 503 g/mol. The largest absolute Gasteiger partial charge is 0.497 e. The molecule has 0 amide bonds. The van der Waals surface area contributed by atoms with Crippen molar-refractivity contribution in [1.82, 2.24) is 19.3 Å². The van der Waals surface area contributed by atoms with Crippen LogP contribution in [0.25, 0.3) is 16.8 Å². The SMILES string of the molecule is CCN1CCN(c2ccc(Nc3cc4nc(O)c(-c5cc(OC)cc(OC)c5)c(=O)n4cn3)cc2)CC1. The van der Waals surface area contributed by atoms with Gasteiger partial charge in [-0.05, 0) is 42.9 Å². The number of anilines is 3. The maximum absolute atomic E-state index is 13.3. The summed E-state index contributed by atoms with van der Waals surface area (Å²) in [7, 11) is 3.03. The smallest absolute Gasteiger partial charge is 0.270 e. The number of piperazine rings is 1. The molecule has 0 radical (unpaired) electrons. The van der Waals surface area contributed by atoms with Crippen molar-refractivity contribution in [3.05, 3.63) is 65.2 Å². The number of aromatic nitrogens is 3. The van der Waals surface area contributed by atoms with E-state index in [0.29, 0.717) is 22.9 Å². The highest BCUT2D eigenvalue weighted by molar-refractivity contribution is 5.72. The molecule has 1 saturated heterocycles. The van der Waals surface area contributed by atoms with Crippen LogP contribution in [0.5, 0.6) is 17.4 Å². The van der Waals surface area contributed by atoms with Crippen molar-refractivity contribution >= 4 is 22.8 Å². The van der Waals surface area contributed by atoms with Crippen LogP contribution < -0.4 is 25.2 Å². The van der Waals surface area contributed by atoms with Gasteiger partial charge in [0, 0.05) is 55.2 Å². The van der Waals surface area contributed by atoms with E-state index in [1.165, 1.54) is 30.6 Å². The molecule has 2 N–H and O–H groups in total. The molecular formula is C27H30N6O4. The topological polar surface area (TPSA) is 104 Å². The first-order valence-electron chi connectivity index (χ1n) is 12.2. The van der Waals surface area contributed by atoms with E-state index in [-0.39, 0.29) is 17.1 Å². The Bertz CT molecular complexity index is 1440. The molecule has 10 heteroatoms. The van der Waals surface area contributed by atoms with Crippen molar-refractivity contribution < 1.29 is 14.6 Å². The van der Waals surface area contributed by atoms with Crippen molar-refractivity contribution in [2.45, 2.75) is 6.92 Å². The lowest BCUT2D eigenvalue weighted by molar-refractivity contribution is 0.271. The molecule has 0 unspecified atom stereocenters. The Morgan fingerprint density at radius 2 is 1.65 bits per heavy atom. The molecule has 1 fully saturated rings. The van der Waals surface area contributed by atoms with Crippen LogP contribution in [0.2, 0.25) is 0 Å².